The van der Waals surface area contributed by atoms with E-state index in [2.05, 4.69) is 30.3 Å². The minimum atomic E-state index is -4.32. The van der Waals surface area contributed by atoms with E-state index in [-0.39, 0.29) is 6.03 Å². The van der Waals surface area contributed by atoms with Crippen LogP contribution in [0.25, 0.3) is 0 Å². The number of nitrogens with one attached hydrogen (secondary N) is 2. The number of hydrogen-bond acceptors (Lipinski definition) is 5. The van der Waals surface area contributed by atoms with Gasteiger partial charge in [-0.25, -0.2) is 4.79 Å². The van der Waals surface area contributed by atoms with Gasteiger partial charge in [-0.2, -0.15) is 13.2 Å². The van der Waals surface area contributed by atoms with E-state index in [0.717, 1.165) is 76.0 Å². The van der Waals surface area contributed by atoms with E-state index in [0.29, 0.717) is 31.9 Å². The van der Waals surface area contributed by atoms with Crippen LogP contribution in [-0.2, 0) is 25.7 Å². The standard InChI is InChI=1S/C23H32F3N7O/c24-23(25,26)18-6-5-7-19(16-18)32-14-12-31(13-15-32)10-4-2-9-27-22(34)28-17-21-30-29-20-8-1-3-11-33(20)21/h5-7,16H,1-4,8-15,17H2,(H2,27,28,34). The highest BCUT2D eigenvalue weighted by Crippen LogP contribution is 2.31. The van der Waals surface area contributed by atoms with E-state index >= 15 is 0 Å². The highest BCUT2D eigenvalue weighted by Gasteiger charge is 2.31. The van der Waals surface area contributed by atoms with E-state index in [9.17, 15) is 18.0 Å². The molecule has 1 aromatic heterocycles. The third kappa shape index (κ3) is 6.40. The molecule has 34 heavy (non-hydrogen) atoms. The second-order valence-electron chi connectivity index (χ2n) is 8.83. The number of benzene rings is 1. The van der Waals surface area contributed by atoms with Crippen molar-refractivity contribution < 1.29 is 18.0 Å². The quantitative estimate of drug-likeness (QED) is 0.569. The SMILES string of the molecule is O=C(NCCCCN1CCN(c2cccc(C(F)(F)F)c2)CC1)NCc1nnc2n1CCCC2. The van der Waals surface area contributed by atoms with Crippen LogP contribution in [-0.4, -0.2) is 65.0 Å². The number of fused-ring (bicyclic) bond motifs is 1. The Morgan fingerprint density at radius 3 is 2.62 bits per heavy atom. The van der Waals surface area contributed by atoms with Crippen LogP contribution in [0.15, 0.2) is 24.3 Å². The molecule has 2 amide bonds. The molecule has 3 heterocycles. The maximum atomic E-state index is 13.0. The van der Waals surface area contributed by atoms with Gasteiger partial charge in [0.2, 0.25) is 0 Å². The molecular formula is C23H32F3N7O. The number of piperazine rings is 1. The molecule has 11 heteroatoms. The average Bonchev–Trinajstić information content (AvgIpc) is 3.26. The number of urea groups is 1. The van der Waals surface area contributed by atoms with Crippen molar-refractivity contribution in [1.29, 1.82) is 0 Å². The summed E-state index contributed by atoms with van der Waals surface area (Å²) in [7, 11) is 0. The van der Waals surface area contributed by atoms with Crippen molar-refractivity contribution in [2.75, 3.05) is 44.2 Å². The molecule has 1 saturated heterocycles. The zero-order chi connectivity index (χ0) is 24.0. The zero-order valence-corrected chi connectivity index (χ0v) is 19.3. The highest BCUT2D eigenvalue weighted by atomic mass is 19.4. The van der Waals surface area contributed by atoms with Gasteiger partial charge >= 0.3 is 12.2 Å². The van der Waals surface area contributed by atoms with E-state index in [1.807, 2.05) is 4.90 Å². The Balaban J connectivity index is 1.09. The van der Waals surface area contributed by atoms with Crippen molar-refractivity contribution in [2.45, 2.75) is 51.4 Å². The molecule has 0 saturated carbocycles. The summed E-state index contributed by atoms with van der Waals surface area (Å²) in [5, 5.41) is 14.1. The summed E-state index contributed by atoms with van der Waals surface area (Å²) in [6.07, 6.45) is 0.684. The second kappa shape index (κ2) is 11.1. The first kappa shape index (κ1) is 24.3. The van der Waals surface area contributed by atoms with Gasteiger partial charge < -0.3 is 20.1 Å². The molecule has 0 radical (unpaired) electrons. The lowest BCUT2D eigenvalue weighted by Crippen LogP contribution is -2.46. The number of hydrogen-bond donors (Lipinski definition) is 2. The van der Waals surface area contributed by atoms with Crippen molar-refractivity contribution in [3.05, 3.63) is 41.5 Å². The molecule has 2 aromatic rings. The molecule has 8 nitrogen and oxygen atoms in total. The number of carbonyl (C=O) groups is 1. The maximum absolute atomic E-state index is 13.0. The van der Waals surface area contributed by atoms with Crippen LogP contribution < -0.4 is 15.5 Å². The summed E-state index contributed by atoms with van der Waals surface area (Å²) >= 11 is 0. The van der Waals surface area contributed by atoms with Crippen LogP contribution >= 0.6 is 0 Å². The van der Waals surface area contributed by atoms with E-state index in [1.165, 1.54) is 12.1 Å². The van der Waals surface area contributed by atoms with E-state index < -0.39 is 11.7 Å². The molecule has 0 spiro atoms. The number of rotatable bonds is 8. The summed E-state index contributed by atoms with van der Waals surface area (Å²) in [4.78, 5) is 16.4. The lowest BCUT2D eigenvalue weighted by atomic mass is 10.1. The fourth-order valence-corrected chi connectivity index (χ4v) is 4.49. The molecule has 0 aliphatic carbocycles. The van der Waals surface area contributed by atoms with Crippen molar-refractivity contribution in [3.63, 3.8) is 0 Å². The summed E-state index contributed by atoms with van der Waals surface area (Å²) in [5.74, 6) is 1.80. The third-order valence-electron chi connectivity index (χ3n) is 6.44. The first-order valence-electron chi connectivity index (χ1n) is 12.0. The third-order valence-corrected chi connectivity index (χ3v) is 6.44. The van der Waals surface area contributed by atoms with Gasteiger partial charge in [-0.15, -0.1) is 10.2 Å². The summed E-state index contributed by atoms with van der Waals surface area (Å²) < 4.78 is 41.0. The van der Waals surface area contributed by atoms with Crippen LogP contribution in [0.3, 0.4) is 0 Å². The largest absolute Gasteiger partial charge is 0.416 e. The summed E-state index contributed by atoms with van der Waals surface area (Å²) in [5.41, 5.74) is 0.0149. The van der Waals surface area contributed by atoms with Crippen LogP contribution in [0.2, 0.25) is 0 Å². The van der Waals surface area contributed by atoms with Crippen LogP contribution in [0.4, 0.5) is 23.7 Å². The number of halogens is 3. The first-order chi connectivity index (χ1) is 16.4. The van der Waals surface area contributed by atoms with Crippen molar-refractivity contribution in [2.24, 2.45) is 0 Å². The second-order valence-corrected chi connectivity index (χ2v) is 8.83. The number of anilines is 1. The summed E-state index contributed by atoms with van der Waals surface area (Å²) in [6, 6.07) is 5.33. The molecule has 0 bridgehead atoms. The topological polar surface area (TPSA) is 78.3 Å². The fourth-order valence-electron chi connectivity index (χ4n) is 4.49. The number of unbranched alkanes of at least 4 members (excludes halogenated alkanes) is 1. The van der Waals surface area contributed by atoms with Crippen LogP contribution in [0.5, 0.6) is 0 Å². The Hall–Kier alpha value is -2.82. The Labute approximate surface area is 197 Å². The predicted molar refractivity (Wildman–Crippen MR) is 123 cm³/mol. The number of nitrogens with zero attached hydrogens (tertiary/aromatic N) is 5. The zero-order valence-electron chi connectivity index (χ0n) is 19.3. The van der Waals surface area contributed by atoms with Crippen LogP contribution in [0.1, 0.15) is 42.9 Å². The Bertz CT molecular complexity index is 954. The number of aromatic nitrogens is 3. The van der Waals surface area contributed by atoms with Gasteiger partial charge in [0, 0.05) is 51.4 Å². The number of alkyl halides is 3. The summed E-state index contributed by atoms with van der Waals surface area (Å²) in [6.45, 7) is 5.81. The Morgan fingerprint density at radius 2 is 1.82 bits per heavy atom. The minimum absolute atomic E-state index is 0.206. The molecular weight excluding hydrogens is 447 g/mol. The van der Waals surface area contributed by atoms with Gasteiger partial charge in [-0.1, -0.05) is 6.07 Å². The number of amides is 2. The van der Waals surface area contributed by atoms with Gasteiger partial charge in [0.25, 0.3) is 0 Å². The first-order valence-corrected chi connectivity index (χ1v) is 12.0. The Kier molecular flexibility index (Phi) is 7.91. The number of aryl methyl sites for hydroxylation is 1. The lowest BCUT2D eigenvalue weighted by Gasteiger charge is -2.36. The molecule has 2 aliphatic heterocycles. The molecule has 2 N–H and O–H groups in total. The van der Waals surface area contributed by atoms with Crippen LogP contribution in [0, 0.1) is 0 Å². The van der Waals surface area contributed by atoms with Gasteiger partial charge in [0.1, 0.15) is 5.82 Å². The molecule has 0 atom stereocenters. The van der Waals surface area contributed by atoms with E-state index in [4.69, 9.17) is 0 Å². The van der Waals surface area contributed by atoms with Crippen molar-refractivity contribution >= 4 is 11.7 Å². The molecule has 0 unspecified atom stereocenters. The maximum Gasteiger partial charge on any atom is 0.416 e. The van der Waals surface area contributed by atoms with Gasteiger partial charge in [0.15, 0.2) is 5.82 Å². The lowest BCUT2D eigenvalue weighted by molar-refractivity contribution is -0.137. The predicted octanol–water partition coefficient (Wildman–Crippen LogP) is 3.03. The normalized spacial score (nSPS) is 16.9. The smallest absolute Gasteiger partial charge is 0.369 e. The number of carbonyl (C=O) groups excluding carboxylic acids is 1. The molecule has 186 valence electrons. The molecule has 4 rings (SSSR count). The molecule has 1 aromatic carbocycles. The van der Waals surface area contributed by atoms with Gasteiger partial charge in [-0.3, -0.25) is 4.90 Å². The highest BCUT2D eigenvalue weighted by molar-refractivity contribution is 5.73. The Morgan fingerprint density at radius 1 is 1.00 bits per heavy atom. The average molecular weight is 480 g/mol. The molecule has 2 aliphatic rings. The monoisotopic (exact) mass is 479 g/mol. The van der Waals surface area contributed by atoms with Crippen molar-refractivity contribution in [3.8, 4) is 0 Å². The minimum Gasteiger partial charge on any atom is -0.369 e. The van der Waals surface area contributed by atoms with Gasteiger partial charge in [-0.05, 0) is 50.4 Å². The van der Waals surface area contributed by atoms with E-state index in [1.54, 1.807) is 6.07 Å². The fraction of sp³-hybridized carbons (Fsp3) is 0.609. The van der Waals surface area contributed by atoms with Crippen molar-refractivity contribution in [1.82, 2.24) is 30.3 Å². The molecule has 1 fully saturated rings. The van der Waals surface area contributed by atoms with Gasteiger partial charge in [0.05, 0.1) is 12.1 Å².